The van der Waals surface area contributed by atoms with Gasteiger partial charge in [-0.25, -0.2) is 4.68 Å². The van der Waals surface area contributed by atoms with Gasteiger partial charge in [0.1, 0.15) is 23.6 Å². The van der Waals surface area contributed by atoms with E-state index in [0.717, 1.165) is 16.8 Å². The molecule has 2 aromatic carbocycles. The van der Waals surface area contributed by atoms with Gasteiger partial charge in [-0.15, -0.1) is 18.3 Å². The topological polar surface area (TPSA) is 95.3 Å². The Morgan fingerprint density at radius 3 is 2.48 bits per heavy atom. The molecule has 1 N–H and O–H groups in total. The zero-order valence-electron chi connectivity index (χ0n) is 15.1. The van der Waals surface area contributed by atoms with Gasteiger partial charge in [0, 0.05) is 6.54 Å². The summed E-state index contributed by atoms with van der Waals surface area (Å²) in [6, 6.07) is 9.78. The number of halogens is 3. The van der Waals surface area contributed by atoms with E-state index in [1.807, 2.05) is 0 Å². The standard InChI is InChI=1S/C18H15F3N4O4/c1-28-13-6-7-15-14(8-13)17(27)25(24-23-15)10-16(26)22-9-11-2-4-12(5-3-11)29-18(19,20)21/h2-8H,9-10H2,1H3,(H,22,26). The molecule has 0 radical (unpaired) electrons. The van der Waals surface area contributed by atoms with Crippen LogP contribution < -0.4 is 20.3 Å². The second-order valence-electron chi connectivity index (χ2n) is 5.90. The highest BCUT2D eigenvalue weighted by atomic mass is 19.4. The van der Waals surface area contributed by atoms with Crippen LogP contribution in [0.4, 0.5) is 13.2 Å². The Balaban J connectivity index is 1.63. The number of hydrogen-bond acceptors (Lipinski definition) is 6. The Morgan fingerprint density at radius 1 is 1.14 bits per heavy atom. The van der Waals surface area contributed by atoms with Gasteiger partial charge in [-0.2, -0.15) is 0 Å². The van der Waals surface area contributed by atoms with Crippen molar-refractivity contribution in [3.8, 4) is 11.5 Å². The minimum Gasteiger partial charge on any atom is -0.497 e. The summed E-state index contributed by atoms with van der Waals surface area (Å²) in [5.74, 6) is -0.406. The molecule has 0 aliphatic carbocycles. The van der Waals surface area contributed by atoms with Gasteiger partial charge in [0.15, 0.2) is 0 Å². The van der Waals surface area contributed by atoms with Crippen LogP contribution in [0, 0.1) is 0 Å². The molecule has 11 heteroatoms. The van der Waals surface area contributed by atoms with Gasteiger partial charge in [-0.1, -0.05) is 17.3 Å². The fourth-order valence-electron chi connectivity index (χ4n) is 2.49. The van der Waals surface area contributed by atoms with Crippen LogP contribution in [-0.2, 0) is 17.9 Å². The largest absolute Gasteiger partial charge is 0.573 e. The predicted molar refractivity (Wildman–Crippen MR) is 95.3 cm³/mol. The lowest BCUT2D eigenvalue weighted by atomic mass is 10.2. The first-order valence-corrected chi connectivity index (χ1v) is 8.28. The van der Waals surface area contributed by atoms with Crippen LogP contribution in [0.2, 0.25) is 0 Å². The molecule has 0 bridgehead atoms. The number of benzene rings is 2. The summed E-state index contributed by atoms with van der Waals surface area (Å²) in [4.78, 5) is 24.6. The fraction of sp³-hybridized carbons (Fsp3) is 0.222. The number of ether oxygens (including phenoxy) is 2. The lowest BCUT2D eigenvalue weighted by Gasteiger charge is -2.10. The number of rotatable bonds is 6. The molecule has 1 amide bonds. The van der Waals surface area contributed by atoms with Gasteiger partial charge in [0.05, 0.1) is 12.5 Å². The Hall–Kier alpha value is -3.63. The third kappa shape index (κ3) is 5.21. The Labute approximate surface area is 161 Å². The van der Waals surface area contributed by atoms with Gasteiger partial charge in [0.2, 0.25) is 5.91 Å². The lowest BCUT2D eigenvalue weighted by Crippen LogP contribution is -2.34. The molecular formula is C18H15F3N4O4. The van der Waals surface area contributed by atoms with Crippen LogP contribution in [0.3, 0.4) is 0 Å². The van der Waals surface area contributed by atoms with Gasteiger partial charge in [-0.3, -0.25) is 9.59 Å². The number of nitrogens with one attached hydrogen (secondary N) is 1. The van der Waals surface area contributed by atoms with Crippen molar-refractivity contribution in [2.75, 3.05) is 7.11 Å². The number of hydrogen-bond donors (Lipinski definition) is 1. The van der Waals surface area contributed by atoms with Crippen LogP contribution in [0.15, 0.2) is 47.3 Å². The highest BCUT2D eigenvalue weighted by molar-refractivity contribution is 5.79. The molecule has 1 aromatic heterocycles. The van der Waals surface area contributed by atoms with Crippen molar-refractivity contribution in [2.45, 2.75) is 19.5 Å². The van der Waals surface area contributed by atoms with Crippen LogP contribution in [0.1, 0.15) is 5.56 Å². The highest BCUT2D eigenvalue weighted by Gasteiger charge is 2.30. The molecule has 0 atom stereocenters. The van der Waals surface area contributed by atoms with Crippen molar-refractivity contribution in [3.05, 3.63) is 58.4 Å². The molecule has 0 unspecified atom stereocenters. The van der Waals surface area contributed by atoms with Gasteiger partial charge < -0.3 is 14.8 Å². The summed E-state index contributed by atoms with van der Waals surface area (Å²) in [6.45, 7) is -0.317. The Kier molecular flexibility index (Phi) is 5.66. The molecule has 152 valence electrons. The van der Waals surface area contributed by atoms with Gasteiger partial charge >= 0.3 is 6.36 Å². The quantitative estimate of drug-likeness (QED) is 0.671. The van der Waals surface area contributed by atoms with E-state index in [-0.39, 0.29) is 24.2 Å². The minimum atomic E-state index is -4.77. The van der Waals surface area contributed by atoms with Crippen LogP contribution >= 0.6 is 0 Å². The lowest BCUT2D eigenvalue weighted by molar-refractivity contribution is -0.274. The number of alkyl halides is 3. The van der Waals surface area contributed by atoms with Crippen molar-refractivity contribution in [3.63, 3.8) is 0 Å². The zero-order chi connectivity index (χ0) is 21.0. The molecule has 0 saturated carbocycles. The third-order valence-electron chi connectivity index (χ3n) is 3.87. The molecule has 29 heavy (non-hydrogen) atoms. The number of methoxy groups -OCH3 is 1. The monoisotopic (exact) mass is 408 g/mol. The molecule has 8 nitrogen and oxygen atoms in total. The average molecular weight is 408 g/mol. The zero-order valence-corrected chi connectivity index (χ0v) is 15.1. The number of aromatic nitrogens is 3. The second kappa shape index (κ2) is 8.17. The minimum absolute atomic E-state index is 0.0503. The summed E-state index contributed by atoms with van der Waals surface area (Å²) in [6.07, 6.45) is -4.77. The molecule has 1 heterocycles. The van der Waals surface area contributed by atoms with Crippen LogP contribution in [0.5, 0.6) is 11.5 Å². The summed E-state index contributed by atoms with van der Waals surface area (Å²) in [5, 5.41) is 10.4. The molecule has 3 aromatic rings. The van der Waals surface area contributed by atoms with E-state index < -0.39 is 17.8 Å². The highest BCUT2D eigenvalue weighted by Crippen LogP contribution is 2.22. The average Bonchev–Trinajstić information content (AvgIpc) is 2.68. The fourth-order valence-corrected chi connectivity index (χ4v) is 2.49. The Bertz CT molecular complexity index is 1080. The Morgan fingerprint density at radius 2 is 1.83 bits per heavy atom. The molecular weight excluding hydrogens is 393 g/mol. The number of amides is 1. The molecule has 0 aliphatic heterocycles. The molecule has 0 saturated heterocycles. The van der Waals surface area contributed by atoms with Gasteiger partial charge in [-0.05, 0) is 35.9 Å². The first-order valence-electron chi connectivity index (χ1n) is 8.28. The number of fused-ring (bicyclic) bond motifs is 1. The van der Waals surface area contributed by atoms with Crippen molar-refractivity contribution >= 4 is 16.8 Å². The van der Waals surface area contributed by atoms with E-state index in [2.05, 4.69) is 20.4 Å². The van der Waals surface area contributed by atoms with Crippen LogP contribution in [0.25, 0.3) is 10.9 Å². The van der Waals surface area contributed by atoms with E-state index in [1.54, 1.807) is 12.1 Å². The summed E-state index contributed by atoms with van der Waals surface area (Å²) >= 11 is 0. The molecule has 3 rings (SSSR count). The number of carbonyl (C=O) groups is 1. The van der Waals surface area contributed by atoms with E-state index in [4.69, 9.17) is 4.74 Å². The van der Waals surface area contributed by atoms with Gasteiger partial charge in [0.25, 0.3) is 5.56 Å². The number of carbonyl (C=O) groups excluding carboxylic acids is 1. The third-order valence-corrected chi connectivity index (χ3v) is 3.87. The maximum atomic E-state index is 12.5. The van der Waals surface area contributed by atoms with Crippen molar-refractivity contribution in [2.24, 2.45) is 0 Å². The molecule has 0 spiro atoms. The normalized spacial score (nSPS) is 11.3. The first kappa shape index (κ1) is 20.1. The summed E-state index contributed by atoms with van der Waals surface area (Å²) in [7, 11) is 1.46. The van der Waals surface area contributed by atoms with E-state index >= 15 is 0 Å². The summed E-state index contributed by atoms with van der Waals surface area (Å²) in [5.41, 5.74) is 0.417. The van der Waals surface area contributed by atoms with E-state index in [1.165, 1.54) is 25.3 Å². The molecule has 0 aliphatic rings. The van der Waals surface area contributed by atoms with E-state index in [0.29, 0.717) is 16.8 Å². The predicted octanol–water partition coefficient (Wildman–Crippen LogP) is 2.02. The van der Waals surface area contributed by atoms with Crippen LogP contribution in [-0.4, -0.2) is 34.4 Å². The smallest absolute Gasteiger partial charge is 0.497 e. The maximum absolute atomic E-state index is 12.5. The van der Waals surface area contributed by atoms with Crippen molar-refractivity contribution < 1.29 is 27.4 Å². The second-order valence-corrected chi connectivity index (χ2v) is 5.90. The SMILES string of the molecule is COc1ccc2nnn(CC(=O)NCc3ccc(OC(F)(F)F)cc3)c(=O)c2c1. The van der Waals surface area contributed by atoms with E-state index in [9.17, 15) is 22.8 Å². The summed E-state index contributed by atoms with van der Waals surface area (Å²) < 4.78 is 46.2. The first-order chi connectivity index (χ1) is 13.7. The number of nitrogens with zero attached hydrogens (tertiary/aromatic N) is 3. The van der Waals surface area contributed by atoms with Crippen molar-refractivity contribution in [1.82, 2.24) is 20.3 Å². The van der Waals surface area contributed by atoms with Crippen molar-refractivity contribution in [1.29, 1.82) is 0 Å². The molecule has 0 fully saturated rings. The maximum Gasteiger partial charge on any atom is 0.573 e.